The first-order valence-electron chi connectivity index (χ1n) is 5.83. The van der Waals surface area contributed by atoms with E-state index in [0.717, 1.165) is 5.56 Å². The maximum Gasteiger partial charge on any atom is 0.151 e. The van der Waals surface area contributed by atoms with Gasteiger partial charge in [0.2, 0.25) is 0 Å². The van der Waals surface area contributed by atoms with Gasteiger partial charge < -0.3 is 5.11 Å². The van der Waals surface area contributed by atoms with Gasteiger partial charge in [-0.1, -0.05) is 30.3 Å². The second-order valence-corrected chi connectivity index (χ2v) is 5.19. The van der Waals surface area contributed by atoms with Gasteiger partial charge in [0.25, 0.3) is 0 Å². The first-order chi connectivity index (χ1) is 7.87. The molecule has 0 aromatic heterocycles. The summed E-state index contributed by atoms with van der Waals surface area (Å²) in [5, 5.41) is 9.64. The molecule has 0 atom stereocenters. The Morgan fingerprint density at radius 2 is 1.88 bits per heavy atom. The molecule has 3 nitrogen and oxygen atoms in total. The van der Waals surface area contributed by atoms with Crippen molar-refractivity contribution >= 4 is 5.78 Å². The number of rotatable bonds is 6. The summed E-state index contributed by atoms with van der Waals surface area (Å²) in [6, 6.07) is 9.71. The predicted molar refractivity (Wildman–Crippen MR) is 68.9 cm³/mol. The second-order valence-electron chi connectivity index (χ2n) is 5.19. The van der Waals surface area contributed by atoms with E-state index in [-0.39, 0.29) is 5.78 Å². The SMILES string of the molecule is CN(CC(=O)Cc1ccccc1)CC(C)(C)O. The molecular formula is C14H21NO2. The molecule has 0 aliphatic rings. The third-order valence-corrected chi connectivity index (χ3v) is 2.35. The van der Waals surface area contributed by atoms with Crippen molar-refractivity contribution in [1.29, 1.82) is 0 Å². The van der Waals surface area contributed by atoms with Gasteiger partial charge in [0, 0.05) is 13.0 Å². The first-order valence-corrected chi connectivity index (χ1v) is 5.83. The molecule has 0 bridgehead atoms. The quantitative estimate of drug-likeness (QED) is 0.812. The normalized spacial score (nSPS) is 11.8. The minimum Gasteiger partial charge on any atom is -0.389 e. The van der Waals surface area contributed by atoms with E-state index in [4.69, 9.17) is 0 Å². The van der Waals surface area contributed by atoms with E-state index in [2.05, 4.69) is 0 Å². The largest absolute Gasteiger partial charge is 0.389 e. The number of nitrogens with zero attached hydrogens (tertiary/aromatic N) is 1. The molecule has 94 valence electrons. The van der Waals surface area contributed by atoms with Crippen LogP contribution in [0.2, 0.25) is 0 Å². The Bertz CT molecular complexity index is 354. The Morgan fingerprint density at radius 1 is 1.29 bits per heavy atom. The molecule has 3 heteroatoms. The standard InChI is InChI=1S/C14H21NO2/c1-14(2,17)11-15(3)10-13(16)9-12-7-5-4-6-8-12/h4-8,17H,9-11H2,1-3H3. The lowest BCUT2D eigenvalue weighted by Crippen LogP contribution is -2.39. The van der Waals surface area contributed by atoms with E-state index in [9.17, 15) is 9.90 Å². The van der Waals surface area contributed by atoms with Crippen molar-refractivity contribution in [1.82, 2.24) is 4.90 Å². The number of aliphatic hydroxyl groups is 1. The molecule has 1 N–H and O–H groups in total. The summed E-state index contributed by atoms with van der Waals surface area (Å²) in [4.78, 5) is 13.6. The van der Waals surface area contributed by atoms with E-state index in [0.29, 0.717) is 19.5 Å². The van der Waals surface area contributed by atoms with Crippen LogP contribution >= 0.6 is 0 Å². The number of hydrogen-bond donors (Lipinski definition) is 1. The van der Waals surface area contributed by atoms with E-state index in [1.54, 1.807) is 13.8 Å². The van der Waals surface area contributed by atoms with Crippen LogP contribution in [0, 0.1) is 0 Å². The van der Waals surface area contributed by atoms with Gasteiger partial charge in [-0.15, -0.1) is 0 Å². The Balaban J connectivity index is 2.40. The molecule has 0 unspecified atom stereocenters. The molecule has 0 radical (unpaired) electrons. The molecule has 0 amide bonds. The number of benzene rings is 1. The summed E-state index contributed by atoms with van der Waals surface area (Å²) >= 11 is 0. The summed E-state index contributed by atoms with van der Waals surface area (Å²) in [6.07, 6.45) is 0.455. The Hall–Kier alpha value is -1.19. The van der Waals surface area contributed by atoms with Crippen molar-refractivity contribution in [3.8, 4) is 0 Å². The van der Waals surface area contributed by atoms with E-state index >= 15 is 0 Å². The molecule has 0 saturated carbocycles. The number of carbonyl (C=O) groups excluding carboxylic acids is 1. The van der Waals surface area contributed by atoms with Crippen LogP contribution in [0.5, 0.6) is 0 Å². The average Bonchev–Trinajstić information content (AvgIpc) is 2.15. The molecule has 17 heavy (non-hydrogen) atoms. The van der Waals surface area contributed by atoms with Gasteiger partial charge in [-0.25, -0.2) is 0 Å². The highest BCUT2D eigenvalue weighted by Crippen LogP contribution is 2.04. The lowest BCUT2D eigenvalue weighted by atomic mass is 10.1. The molecule has 0 aliphatic carbocycles. The number of carbonyl (C=O) groups is 1. The Morgan fingerprint density at radius 3 is 2.41 bits per heavy atom. The maximum atomic E-state index is 11.8. The van der Waals surface area contributed by atoms with Crippen molar-refractivity contribution < 1.29 is 9.90 Å². The van der Waals surface area contributed by atoms with Gasteiger partial charge in [-0.05, 0) is 26.5 Å². The smallest absolute Gasteiger partial charge is 0.151 e. The van der Waals surface area contributed by atoms with E-state index < -0.39 is 5.60 Å². The van der Waals surface area contributed by atoms with Crippen LogP contribution in [-0.4, -0.2) is 41.5 Å². The summed E-state index contributed by atoms with van der Waals surface area (Å²) in [5.41, 5.74) is 0.274. The van der Waals surface area contributed by atoms with Crippen LogP contribution in [0.3, 0.4) is 0 Å². The van der Waals surface area contributed by atoms with Gasteiger partial charge in [-0.2, -0.15) is 0 Å². The van der Waals surface area contributed by atoms with Crippen LogP contribution < -0.4 is 0 Å². The lowest BCUT2D eigenvalue weighted by Gasteiger charge is -2.24. The molecule has 1 aromatic rings. The van der Waals surface area contributed by atoms with Gasteiger partial charge in [0.1, 0.15) is 0 Å². The van der Waals surface area contributed by atoms with Crippen molar-refractivity contribution in [2.75, 3.05) is 20.1 Å². The maximum absolute atomic E-state index is 11.8. The van der Waals surface area contributed by atoms with Crippen LogP contribution in [0.4, 0.5) is 0 Å². The molecule has 0 aliphatic heterocycles. The van der Waals surface area contributed by atoms with Crippen LogP contribution in [-0.2, 0) is 11.2 Å². The fourth-order valence-corrected chi connectivity index (χ4v) is 1.90. The topological polar surface area (TPSA) is 40.5 Å². The summed E-state index contributed by atoms with van der Waals surface area (Å²) in [6.45, 7) is 4.35. The number of Topliss-reactive ketones (excluding diaryl/α,β-unsaturated/α-hetero) is 1. The van der Waals surface area contributed by atoms with E-state index in [1.807, 2.05) is 42.3 Å². The third kappa shape index (κ3) is 6.19. The first kappa shape index (κ1) is 13.9. The molecular weight excluding hydrogens is 214 g/mol. The third-order valence-electron chi connectivity index (χ3n) is 2.35. The van der Waals surface area contributed by atoms with Crippen molar-refractivity contribution in [3.63, 3.8) is 0 Å². The lowest BCUT2D eigenvalue weighted by molar-refractivity contribution is -0.119. The van der Waals surface area contributed by atoms with Crippen LogP contribution in [0.1, 0.15) is 19.4 Å². The van der Waals surface area contributed by atoms with Crippen molar-refractivity contribution in [3.05, 3.63) is 35.9 Å². The van der Waals surface area contributed by atoms with Crippen LogP contribution in [0.15, 0.2) is 30.3 Å². The minimum absolute atomic E-state index is 0.169. The zero-order valence-corrected chi connectivity index (χ0v) is 10.8. The van der Waals surface area contributed by atoms with Crippen molar-refractivity contribution in [2.45, 2.75) is 25.9 Å². The Kier molecular flexibility index (Phi) is 4.85. The fourth-order valence-electron chi connectivity index (χ4n) is 1.90. The van der Waals surface area contributed by atoms with Gasteiger partial charge in [-0.3, -0.25) is 9.69 Å². The zero-order valence-electron chi connectivity index (χ0n) is 10.8. The molecule has 0 heterocycles. The average molecular weight is 235 g/mol. The van der Waals surface area contributed by atoms with Gasteiger partial charge in [0.05, 0.1) is 12.1 Å². The molecule has 0 fully saturated rings. The number of ketones is 1. The van der Waals surface area contributed by atoms with Crippen molar-refractivity contribution in [2.24, 2.45) is 0 Å². The molecule has 1 rings (SSSR count). The monoisotopic (exact) mass is 235 g/mol. The summed E-state index contributed by atoms with van der Waals surface area (Å²) in [7, 11) is 1.85. The van der Waals surface area contributed by atoms with Crippen LogP contribution in [0.25, 0.3) is 0 Å². The highest BCUT2D eigenvalue weighted by Gasteiger charge is 2.17. The fraction of sp³-hybridized carbons (Fsp3) is 0.500. The Labute approximate surface area is 103 Å². The molecule has 0 spiro atoms. The second kappa shape index (κ2) is 5.94. The summed E-state index contributed by atoms with van der Waals surface area (Å²) in [5.74, 6) is 0.169. The van der Waals surface area contributed by atoms with E-state index in [1.165, 1.54) is 0 Å². The zero-order chi connectivity index (χ0) is 12.9. The highest BCUT2D eigenvalue weighted by molar-refractivity contribution is 5.82. The predicted octanol–water partition coefficient (Wildman–Crippen LogP) is 1.50. The molecule has 0 saturated heterocycles. The minimum atomic E-state index is -0.762. The molecule has 1 aromatic carbocycles. The summed E-state index contributed by atoms with van der Waals surface area (Å²) < 4.78 is 0. The number of hydrogen-bond acceptors (Lipinski definition) is 3. The highest BCUT2D eigenvalue weighted by atomic mass is 16.3. The number of likely N-dealkylation sites (N-methyl/N-ethyl adjacent to an activating group) is 1. The van der Waals surface area contributed by atoms with Gasteiger partial charge in [0.15, 0.2) is 5.78 Å². The van der Waals surface area contributed by atoms with Gasteiger partial charge >= 0.3 is 0 Å².